The van der Waals surface area contributed by atoms with Crippen LogP contribution in [0.3, 0.4) is 0 Å². The number of carbonyl (C=O) groups is 1. The highest BCUT2D eigenvalue weighted by Gasteiger charge is 2.16. The zero-order chi connectivity index (χ0) is 16.1. The smallest absolute Gasteiger partial charge is 0.227 e. The zero-order valence-electron chi connectivity index (χ0n) is 12.6. The van der Waals surface area contributed by atoms with Crippen molar-refractivity contribution in [2.45, 2.75) is 31.8 Å². The first kappa shape index (κ1) is 15.6. The van der Waals surface area contributed by atoms with Gasteiger partial charge in [0.05, 0.1) is 6.10 Å². The van der Waals surface area contributed by atoms with Crippen molar-refractivity contribution in [1.82, 2.24) is 15.5 Å². The Morgan fingerprint density at radius 2 is 2.35 bits per heavy atom. The number of halogens is 1. The van der Waals surface area contributed by atoms with Crippen LogP contribution in [0.15, 0.2) is 28.8 Å². The summed E-state index contributed by atoms with van der Waals surface area (Å²) in [6, 6.07) is 5.97. The maximum Gasteiger partial charge on any atom is 0.227 e. The molecule has 122 valence electrons. The van der Waals surface area contributed by atoms with Gasteiger partial charge in [-0.25, -0.2) is 4.39 Å². The number of hydrogen-bond acceptors (Lipinski definition) is 5. The highest BCUT2D eigenvalue weighted by Crippen LogP contribution is 2.17. The molecule has 0 saturated carbocycles. The highest BCUT2D eigenvalue weighted by molar-refractivity contribution is 5.76. The average molecular weight is 319 g/mol. The van der Waals surface area contributed by atoms with E-state index in [4.69, 9.17) is 9.26 Å². The normalized spacial score (nSPS) is 17.3. The van der Waals surface area contributed by atoms with Crippen molar-refractivity contribution in [3.05, 3.63) is 36.0 Å². The molecule has 1 aromatic carbocycles. The fourth-order valence-corrected chi connectivity index (χ4v) is 2.44. The Bertz CT molecular complexity index is 668. The first-order valence-corrected chi connectivity index (χ1v) is 7.67. The third kappa shape index (κ3) is 4.35. The van der Waals surface area contributed by atoms with E-state index in [9.17, 15) is 9.18 Å². The Kier molecular flexibility index (Phi) is 4.97. The second kappa shape index (κ2) is 7.32. The number of rotatable bonds is 6. The van der Waals surface area contributed by atoms with Crippen molar-refractivity contribution in [3.63, 3.8) is 0 Å². The molecule has 1 amide bonds. The summed E-state index contributed by atoms with van der Waals surface area (Å²) in [5, 5.41) is 6.65. The second-order valence-electron chi connectivity index (χ2n) is 5.46. The molecule has 1 aliphatic rings. The van der Waals surface area contributed by atoms with E-state index in [-0.39, 0.29) is 24.2 Å². The number of aromatic nitrogens is 2. The fraction of sp³-hybridized carbons (Fsp3) is 0.438. The summed E-state index contributed by atoms with van der Waals surface area (Å²) in [5.41, 5.74) is 0.544. The van der Waals surface area contributed by atoms with Gasteiger partial charge in [0.25, 0.3) is 0 Å². The van der Waals surface area contributed by atoms with Crippen LogP contribution in [0.2, 0.25) is 0 Å². The van der Waals surface area contributed by atoms with Crippen LogP contribution in [0.4, 0.5) is 4.39 Å². The van der Waals surface area contributed by atoms with Crippen LogP contribution < -0.4 is 5.32 Å². The lowest BCUT2D eigenvalue weighted by molar-refractivity contribution is -0.121. The van der Waals surface area contributed by atoms with Gasteiger partial charge in [0.1, 0.15) is 5.82 Å². The van der Waals surface area contributed by atoms with Crippen molar-refractivity contribution in [1.29, 1.82) is 0 Å². The summed E-state index contributed by atoms with van der Waals surface area (Å²) >= 11 is 0. The van der Waals surface area contributed by atoms with Gasteiger partial charge >= 0.3 is 0 Å². The van der Waals surface area contributed by atoms with Gasteiger partial charge in [-0.1, -0.05) is 17.3 Å². The van der Waals surface area contributed by atoms with E-state index in [0.29, 0.717) is 30.2 Å². The lowest BCUT2D eigenvalue weighted by atomic mass is 10.2. The summed E-state index contributed by atoms with van der Waals surface area (Å²) < 4.78 is 23.7. The van der Waals surface area contributed by atoms with E-state index in [1.807, 2.05) is 0 Å². The Morgan fingerprint density at radius 3 is 3.13 bits per heavy atom. The van der Waals surface area contributed by atoms with E-state index >= 15 is 0 Å². The van der Waals surface area contributed by atoms with E-state index in [2.05, 4.69) is 15.5 Å². The summed E-state index contributed by atoms with van der Waals surface area (Å²) in [4.78, 5) is 16.0. The van der Waals surface area contributed by atoms with Gasteiger partial charge in [0.2, 0.25) is 17.6 Å². The molecule has 1 atom stereocenters. The number of ether oxygens (including phenoxy) is 1. The van der Waals surface area contributed by atoms with E-state index in [1.54, 1.807) is 12.1 Å². The molecule has 0 radical (unpaired) electrons. The van der Waals surface area contributed by atoms with E-state index < -0.39 is 0 Å². The van der Waals surface area contributed by atoms with Crippen LogP contribution in [-0.2, 0) is 16.0 Å². The number of carbonyl (C=O) groups excluding carboxylic acids is 1. The molecule has 0 bridgehead atoms. The van der Waals surface area contributed by atoms with Crippen molar-refractivity contribution >= 4 is 5.91 Å². The molecule has 1 fully saturated rings. The molecular weight excluding hydrogens is 301 g/mol. The molecule has 23 heavy (non-hydrogen) atoms. The van der Waals surface area contributed by atoms with Crippen molar-refractivity contribution in [2.24, 2.45) is 0 Å². The number of nitrogens with zero attached hydrogens (tertiary/aromatic N) is 2. The molecule has 1 unspecified atom stereocenters. The molecule has 2 heterocycles. The van der Waals surface area contributed by atoms with Gasteiger partial charge in [0.15, 0.2) is 0 Å². The number of hydrogen-bond donors (Lipinski definition) is 1. The van der Waals surface area contributed by atoms with Crippen LogP contribution in [-0.4, -0.2) is 35.3 Å². The summed E-state index contributed by atoms with van der Waals surface area (Å²) in [6.45, 7) is 1.31. The number of nitrogens with one attached hydrogen (secondary N) is 1. The quantitative estimate of drug-likeness (QED) is 0.882. The number of aryl methyl sites for hydroxylation is 1. The molecule has 0 aliphatic carbocycles. The molecule has 0 spiro atoms. The third-order valence-electron chi connectivity index (χ3n) is 3.67. The van der Waals surface area contributed by atoms with Crippen LogP contribution in [0.25, 0.3) is 11.4 Å². The Balaban J connectivity index is 1.48. The van der Waals surface area contributed by atoms with Gasteiger partial charge in [-0.15, -0.1) is 0 Å². The lowest BCUT2D eigenvalue weighted by Gasteiger charge is -2.09. The second-order valence-corrected chi connectivity index (χ2v) is 5.46. The minimum Gasteiger partial charge on any atom is -0.376 e. The third-order valence-corrected chi connectivity index (χ3v) is 3.67. The highest BCUT2D eigenvalue weighted by atomic mass is 19.1. The molecule has 1 aliphatic heterocycles. The van der Waals surface area contributed by atoms with Crippen LogP contribution in [0.5, 0.6) is 0 Å². The molecule has 1 N–H and O–H groups in total. The maximum absolute atomic E-state index is 13.2. The van der Waals surface area contributed by atoms with E-state index in [1.165, 1.54) is 12.1 Å². The minimum absolute atomic E-state index is 0.0778. The Hall–Kier alpha value is -2.28. The summed E-state index contributed by atoms with van der Waals surface area (Å²) in [6.07, 6.45) is 2.77. The Labute approximate surface area is 133 Å². The molecular formula is C16H18FN3O3. The molecule has 2 aromatic rings. The van der Waals surface area contributed by atoms with Crippen molar-refractivity contribution in [3.8, 4) is 11.4 Å². The zero-order valence-corrected chi connectivity index (χ0v) is 12.6. The summed E-state index contributed by atoms with van der Waals surface area (Å²) in [5.74, 6) is 0.240. The van der Waals surface area contributed by atoms with Crippen LogP contribution in [0.1, 0.15) is 25.2 Å². The lowest BCUT2D eigenvalue weighted by Crippen LogP contribution is -2.31. The SMILES string of the molecule is O=C(CCc1nc(-c2cccc(F)c2)no1)NCC1CCCO1. The number of benzene rings is 1. The van der Waals surface area contributed by atoms with Gasteiger partial charge < -0.3 is 14.6 Å². The van der Waals surface area contributed by atoms with Gasteiger partial charge in [-0.3, -0.25) is 4.79 Å². The monoisotopic (exact) mass is 319 g/mol. The number of amides is 1. The largest absolute Gasteiger partial charge is 0.376 e. The predicted molar refractivity (Wildman–Crippen MR) is 80.0 cm³/mol. The van der Waals surface area contributed by atoms with Gasteiger partial charge in [0, 0.05) is 31.6 Å². The molecule has 1 saturated heterocycles. The predicted octanol–water partition coefficient (Wildman–Crippen LogP) is 2.10. The Morgan fingerprint density at radius 1 is 1.43 bits per heavy atom. The molecule has 3 rings (SSSR count). The van der Waals surface area contributed by atoms with E-state index in [0.717, 1.165) is 19.4 Å². The van der Waals surface area contributed by atoms with Crippen molar-refractivity contribution < 1.29 is 18.4 Å². The van der Waals surface area contributed by atoms with Crippen LogP contribution >= 0.6 is 0 Å². The topological polar surface area (TPSA) is 77.2 Å². The summed E-state index contributed by atoms with van der Waals surface area (Å²) in [7, 11) is 0. The fourth-order valence-electron chi connectivity index (χ4n) is 2.44. The molecule has 7 heteroatoms. The standard InChI is InChI=1S/C16H18FN3O3/c17-12-4-1-3-11(9-12)16-19-15(23-20-16)7-6-14(21)18-10-13-5-2-8-22-13/h1,3-4,9,13H,2,5-8,10H2,(H,18,21). The molecule has 1 aromatic heterocycles. The maximum atomic E-state index is 13.2. The minimum atomic E-state index is -0.359. The van der Waals surface area contributed by atoms with Gasteiger partial charge in [-0.05, 0) is 25.0 Å². The first-order valence-electron chi connectivity index (χ1n) is 7.67. The van der Waals surface area contributed by atoms with Crippen LogP contribution in [0, 0.1) is 5.82 Å². The average Bonchev–Trinajstić information content (AvgIpc) is 3.22. The van der Waals surface area contributed by atoms with Gasteiger partial charge in [-0.2, -0.15) is 4.98 Å². The van der Waals surface area contributed by atoms with Crippen molar-refractivity contribution in [2.75, 3.05) is 13.2 Å². The molecule has 6 nitrogen and oxygen atoms in total. The first-order chi connectivity index (χ1) is 11.2.